The number of ketones is 1. The first kappa shape index (κ1) is 16.3. The average molecular weight is 342 g/mol. The van der Waals surface area contributed by atoms with Gasteiger partial charge in [0, 0.05) is 25.9 Å². The second-order valence-corrected chi connectivity index (χ2v) is 7.63. The topological polar surface area (TPSA) is 57.7 Å². The van der Waals surface area contributed by atoms with E-state index in [2.05, 4.69) is 0 Å². The van der Waals surface area contributed by atoms with Gasteiger partial charge in [-0.25, -0.2) is 8.42 Å². The summed E-state index contributed by atoms with van der Waals surface area (Å²) in [5.74, 6) is -0.287. The Morgan fingerprint density at radius 1 is 1.00 bits per heavy atom. The fraction of sp³-hybridized carbons (Fsp3) is 0.167. The molecular formula is C18H18N2O3S. The lowest BCUT2D eigenvalue weighted by atomic mass is 10.1. The SMILES string of the molecule is CN(C)/C=C1/C(=O)c2ccccc2S(=O)(=O)N1Cc1ccccc1. The number of nitrogens with zero attached hydrogens (tertiary/aromatic N) is 2. The van der Waals surface area contributed by atoms with Gasteiger partial charge in [-0.1, -0.05) is 42.5 Å². The first-order valence-electron chi connectivity index (χ1n) is 7.50. The molecule has 3 rings (SSSR count). The Morgan fingerprint density at radius 2 is 1.62 bits per heavy atom. The largest absolute Gasteiger partial charge is 0.382 e. The predicted octanol–water partition coefficient (Wildman–Crippen LogP) is 2.48. The van der Waals surface area contributed by atoms with Gasteiger partial charge in [0.05, 0.1) is 11.4 Å². The van der Waals surface area contributed by atoms with Crippen molar-refractivity contribution in [3.8, 4) is 0 Å². The van der Waals surface area contributed by atoms with E-state index >= 15 is 0 Å². The maximum absolute atomic E-state index is 13.1. The van der Waals surface area contributed by atoms with E-state index in [0.29, 0.717) is 0 Å². The second-order valence-electron chi connectivity index (χ2n) is 5.80. The first-order valence-corrected chi connectivity index (χ1v) is 8.94. The minimum atomic E-state index is -3.79. The maximum atomic E-state index is 13.1. The van der Waals surface area contributed by atoms with E-state index in [4.69, 9.17) is 0 Å². The number of carbonyl (C=O) groups excluding carboxylic acids is 1. The summed E-state index contributed by atoms with van der Waals surface area (Å²) < 4.78 is 27.3. The van der Waals surface area contributed by atoms with Crippen LogP contribution in [-0.2, 0) is 16.6 Å². The second kappa shape index (κ2) is 6.13. The van der Waals surface area contributed by atoms with Crippen molar-refractivity contribution in [1.29, 1.82) is 0 Å². The molecule has 0 N–H and O–H groups in total. The van der Waals surface area contributed by atoms with Crippen LogP contribution in [0.3, 0.4) is 0 Å². The van der Waals surface area contributed by atoms with E-state index < -0.39 is 10.0 Å². The Morgan fingerprint density at radius 3 is 2.29 bits per heavy atom. The standard InChI is InChI=1S/C18H18N2O3S/c1-19(2)13-16-18(21)15-10-6-7-11-17(15)24(22,23)20(16)12-14-8-4-3-5-9-14/h3-11,13H,12H2,1-2H3/b16-13-. The molecule has 0 bridgehead atoms. The van der Waals surface area contributed by atoms with Gasteiger partial charge in [0.25, 0.3) is 10.0 Å². The molecule has 124 valence electrons. The summed E-state index contributed by atoms with van der Waals surface area (Å²) in [7, 11) is -0.275. The monoisotopic (exact) mass is 342 g/mol. The lowest BCUT2D eigenvalue weighted by Crippen LogP contribution is -2.39. The van der Waals surface area contributed by atoms with Crippen molar-refractivity contribution in [2.75, 3.05) is 14.1 Å². The number of Topliss-reactive ketones (excluding diaryl/α,β-unsaturated/α-hetero) is 1. The van der Waals surface area contributed by atoms with E-state index in [-0.39, 0.29) is 28.5 Å². The van der Waals surface area contributed by atoms with E-state index in [1.807, 2.05) is 30.3 Å². The number of hydrogen-bond donors (Lipinski definition) is 0. The van der Waals surface area contributed by atoms with Crippen molar-refractivity contribution < 1.29 is 13.2 Å². The highest BCUT2D eigenvalue weighted by atomic mass is 32.2. The highest BCUT2D eigenvalue weighted by molar-refractivity contribution is 7.89. The van der Waals surface area contributed by atoms with Gasteiger partial charge in [-0.2, -0.15) is 0 Å². The Balaban J connectivity index is 2.18. The third-order valence-electron chi connectivity index (χ3n) is 3.75. The van der Waals surface area contributed by atoms with Crippen molar-refractivity contribution in [2.45, 2.75) is 11.4 Å². The molecule has 24 heavy (non-hydrogen) atoms. The van der Waals surface area contributed by atoms with Crippen LogP contribution in [0.1, 0.15) is 15.9 Å². The molecule has 0 saturated carbocycles. The Labute approximate surface area is 141 Å². The van der Waals surface area contributed by atoms with Crippen LogP contribution >= 0.6 is 0 Å². The number of sulfonamides is 1. The quantitative estimate of drug-likeness (QED) is 0.804. The molecule has 6 heteroatoms. The molecule has 2 aromatic carbocycles. The molecule has 0 aliphatic carbocycles. The van der Waals surface area contributed by atoms with Gasteiger partial charge in [-0.05, 0) is 17.7 Å². The summed E-state index contributed by atoms with van der Waals surface area (Å²) in [4.78, 5) is 14.6. The highest BCUT2D eigenvalue weighted by Crippen LogP contribution is 2.33. The van der Waals surface area contributed by atoms with Gasteiger partial charge in [-0.3, -0.25) is 9.10 Å². The third-order valence-corrected chi connectivity index (χ3v) is 5.57. The van der Waals surface area contributed by atoms with Crippen LogP contribution in [0.25, 0.3) is 0 Å². The molecule has 1 heterocycles. The van der Waals surface area contributed by atoms with Crippen LogP contribution in [0, 0.1) is 0 Å². The van der Waals surface area contributed by atoms with Crippen molar-refractivity contribution in [1.82, 2.24) is 9.21 Å². The Bertz CT molecular complexity index is 903. The summed E-state index contributed by atoms with van der Waals surface area (Å²) in [5, 5.41) is 0. The van der Waals surface area contributed by atoms with E-state index in [1.54, 1.807) is 43.4 Å². The van der Waals surface area contributed by atoms with Crippen LogP contribution in [0.5, 0.6) is 0 Å². The molecule has 0 amide bonds. The molecule has 0 atom stereocenters. The number of benzene rings is 2. The van der Waals surface area contributed by atoms with Gasteiger partial charge in [0.2, 0.25) is 5.78 Å². The van der Waals surface area contributed by atoms with Gasteiger partial charge in [-0.15, -0.1) is 0 Å². The number of allylic oxidation sites excluding steroid dienone is 1. The van der Waals surface area contributed by atoms with Crippen LogP contribution in [-0.4, -0.2) is 37.5 Å². The summed E-state index contributed by atoms with van der Waals surface area (Å²) in [6.45, 7) is 0.114. The molecule has 0 fully saturated rings. The molecule has 1 aliphatic rings. The van der Waals surface area contributed by atoms with Crippen LogP contribution in [0.2, 0.25) is 0 Å². The average Bonchev–Trinajstić information content (AvgIpc) is 2.57. The van der Waals surface area contributed by atoms with Gasteiger partial charge < -0.3 is 4.90 Å². The molecule has 2 aromatic rings. The smallest absolute Gasteiger partial charge is 0.265 e. The summed E-state index contributed by atoms with van der Waals surface area (Å²) in [6, 6.07) is 15.6. The Hall–Kier alpha value is -2.60. The van der Waals surface area contributed by atoms with Gasteiger partial charge >= 0.3 is 0 Å². The number of hydrogen-bond acceptors (Lipinski definition) is 4. The highest BCUT2D eigenvalue weighted by Gasteiger charge is 2.39. The minimum absolute atomic E-state index is 0.0573. The zero-order chi connectivity index (χ0) is 17.3. The van der Waals surface area contributed by atoms with Crippen molar-refractivity contribution in [3.05, 3.63) is 77.6 Å². The summed E-state index contributed by atoms with van der Waals surface area (Å²) in [5.41, 5.74) is 1.19. The van der Waals surface area contributed by atoms with E-state index in [9.17, 15) is 13.2 Å². The number of rotatable bonds is 3. The molecule has 0 saturated heterocycles. The molecule has 0 aromatic heterocycles. The van der Waals surface area contributed by atoms with Crippen LogP contribution in [0.4, 0.5) is 0 Å². The summed E-state index contributed by atoms with van der Waals surface area (Å²) >= 11 is 0. The molecule has 1 aliphatic heterocycles. The Kier molecular flexibility index (Phi) is 4.15. The van der Waals surface area contributed by atoms with Crippen LogP contribution < -0.4 is 0 Å². The van der Waals surface area contributed by atoms with Crippen molar-refractivity contribution in [2.24, 2.45) is 0 Å². The number of fused-ring (bicyclic) bond motifs is 1. The first-order chi connectivity index (χ1) is 11.4. The molecule has 0 spiro atoms. The number of carbonyl (C=O) groups is 1. The van der Waals surface area contributed by atoms with E-state index in [0.717, 1.165) is 5.56 Å². The minimum Gasteiger partial charge on any atom is -0.382 e. The van der Waals surface area contributed by atoms with Gasteiger partial charge in [0.1, 0.15) is 5.70 Å². The summed E-state index contributed by atoms with van der Waals surface area (Å²) in [6.07, 6.45) is 1.55. The fourth-order valence-electron chi connectivity index (χ4n) is 2.67. The van der Waals surface area contributed by atoms with Crippen LogP contribution in [0.15, 0.2) is 71.4 Å². The van der Waals surface area contributed by atoms with Gasteiger partial charge in [0.15, 0.2) is 0 Å². The fourth-order valence-corrected chi connectivity index (χ4v) is 4.30. The molecular weight excluding hydrogens is 324 g/mol. The van der Waals surface area contributed by atoms with Crippen molar-refractivity contribution >= 4 is 15.8 Å². The predicted molar refractivity (Wildman–Crippen MR) is 91.7 cm³/mol. The molecule has 0 radical (unpaired) electrons. The maximum Gasteiger partial charge on any atom is 0.265 e. The lowest BCUT2D eigenvalue weighted by molar-refractivity contribution is 0.0996. The zero-order valence-corrected chi connectivity index (χ0v) is 14.3. The van der Waals surface area contributed by atoms with Crippen molar-refractivity contribution in [3.63, 3.8) is 0 Å². The molecule has 0 unspecified atom stereocenters. The van der Waals surface area contributed by atoms with E-state index in [1.165, 1.54) is 10.4 Å². The normalized spacial score (nSPS) is 17.7. The lowest BCUT2D eigenvalue weighted by Gasteiger charge is -2.32. The molecule has 5 nitrogen and oxygen atoms in total. The zero-order valence-electron chi connectivity index (χ0n) is 13.5. The third kappa shape index (κ3) is 2.80.